The molecule has 0 spiro atoms. The van der Waals surface area contributed by atoms with Gasteiger partial charge in [-0.3, -0.25) is 14.4 Å². The first-order valence-corrected chi connectivity index (χ1v) is 13.0. The van der Waals surface area contributed by atoms with Gasteiger partial charge in [-0.15, -0.1) is 0 Å². The van der Waals surface area contributed by atoms with E-state index in [0.717, 1.165) is 5.56 Å². The third kappa shape index (κ3) is 9.94. The van der Waals surface area contributed by atoms with Crippen LogP contribution in [0, 0.1) is 17.2 Å². The van der Waals surface area contributed by atoms with Gasteiger partial charge in [0.1, 0.15) is 17.5 Å². The molecule has 2 rings (SSSR count). The van der Waals surface area contributed by atoms with Gasteiger partial charge in [0.25, 0.3) is 5.91 Å². The molecule has 0 radical (unpaired) electrons. The monoisotopic (exact) mass is 551 g/mol. The number of nitrogens with zero attached hydrogens (tertiary/aromatic N) is 1. The Bertz CT molecular complexity index is 1200. The largest absolute Gasteiger partial charge is 0.497 e. The van der Waals surface area contributed by atoms with Crippen LogP contribution in [0.2, 0.25) is 0 Å². The standard InChI is InChI=1S/C29H37N5O6/c1-6-24(26(35)28(37)31-17-21-12-22(39-4)14-23(13-21)40-5)33-27(36)25(11-18(2)3)34-29(38)32-16-20-9-7-19(15-30)8-10-20/h7-10,12-14,18,24-25H,6,11,16-17H2,1-5H3,(H,31,37)(H,33,36)(H2,32,34,38). The molecular weight excluding hydrogens is 514 g/mol. The number of ether oxygens (including phenoxy) is 2. The van der Waals surface area contributed by atoms with Gasteiger partial charge in [0.15, 0.2) is 0 Å². The lowest BCUT2D eigenvalue weighted by Gasteiger charge is -2.23. The molecule has 0 saturated heterocycles. The molecule has 0 aliphatic rings. The number of ketones is 1. The Hall–Kier alpha value is -4.59. The van der Waals surface area contributed by atoms with E-state index in [9.17, 15) is 19.2 Å². The number of hydrogen-bond acceptors (Lipinski definition) is 7. The number of amides is 4. The Morgan fingerprint density at radius 2 is 1.45 bits per heavy atom. The molecule has 11 heteroatoms. The van der Waals surface area contributed by atoms with Crippen LogP contribution in [0.1, 0.15) is 50.3 Å². The summed E-state index contributed by atoms with van der Waals surface area (Å²) in [6.07, 6.45) is 0.509. The maximum absolute atomic E-state index is 13.1. The Morgan fingerprint density at radius 1 is 0.850 bits per heavy atom. The van der Waals surface area contributed by atoms with Crippen molar-refractivity contribution < 1.29 is 28.7 Å². The van der Waals surface area contributed by atoms with Crippen molar-refractivity contribution in [3.8, 4) is 17.6 Å². The van der Waals surface area contributed by atoms with Crippen LogP contribution in [0.5, 0.6) is 11.5 Å². The minimum Gasteiger partial charge on any atom is -0.497 e. The highest BCUT2D eigenvalue weighted by molar-refractivity contribution is 6.38. The van der Waals surface area contributed by atoms with Crippen LogP contribution in [0.15, 0.2) is 42.5 Å². The van der Waals surface area contributed by atoms with Crippen LogP contribution in [-0.2, 0) is 27.5 Å². The molecule has 0 heterocycles. The predicted octanol–water partition coefficient (Wildman–Crippen LogP) is 2.57. The molecule has 0 bridgehead atoms. The van der Waals surface area contributed by atoms with E-state index in [1.54, 1.807) is 49.4 Å². The first kappa shape index (κ1) is 31.6. The number of benzene rings is 2. The summed E-state index contributed by atoms with van der Waals surface area (Å²) in [4.78, 5) is 51.1. The summed E-state index contributed by atoms with van der Waals surface area (Å²) in [6.45, 7) is 5.74. The molecule has 0 aromatic heterocycles. The molecule has 40 heavy (non-hydrogen) atoms. The minimum atomic E-state index is -1.06. The molecule has 4 N–H and O–H groups in total. The van der Waals surface area contributed by atoms with Gasteiger partial charge >= 0.3 is 6.03 Å². The number of nitriles is 1. The molecular formula is C29H37N5O6. The van der Waals surface area contributed by atoms with E-state index in [2.05, 4.69) is 21.3 Å². The van der Waals surface area contributed by atoms with E-state index in [-0.39, 0.29) is 25.4 Å². The van der Waals surface area contributed by atoms with Crippen molar-refractivity contribution in [2.75, 3.05) is 14.2 Å². The van der Waals surface area contributed by atoms with Crippen molar-refractivity contribution in [2.45, 2.75) is 58.8 Å². The number of urea groups is 1. The fourth-order valence-electron chi connectivity index (χ4n) is 3.81. The molecule has 2 atom stereocenters. The minimum absolute atomic E-state index is 0.0550. The van der Waals surface area contributed by atoms with Crippen LogP contribution in [0.4, 0.5) is 4.79 Å². The summed E-state index contributed by atoms with van der Waals surface area (Å²) in [5, 5.41) is 19.4. The van der Waals surface area contributed by atoms with E-state index in [1.807, 2.05) is 19.9 Å². The summed E-state index contributed by atoms with van der Waals surface area (Å²) in [5.74, 6) is -1.06. The maximum Gasteiger partial charge on any atom is 0.315 e. The molecule has 0 saturated carbocycles. The Kier molecular flexibility index (Phi) is 12.4. The second-order valence-electron chi connectivity index (χ2n) is 9.56. The molecule has 2 aromatic carbocycles. The Labute approximate surface area is 234 Å². The van der Waals surface area contributed by atoms with E-state index in [1.165, 1.54) is 14.2 Å². The van der Waals surface area contributed by atoms with Crippen molar-refractivity contribution in [1.82, 2.24) is 21.3 Å². The van der Waals surface area contributed by atoms with Gasteiger partial charge in [-0.1, -0.05) is 32.9 Å². The molecule has 0 fully saturated rings. The van der Waals surface area contributed by atoms with Crippen LogP contribution in [0.3, 0.4) is 0 Å². The summed E-state index contributed by atoms with van der Waals surface area (Å²) in [5.41, 5.74) is 1.97. The maximum atomic E-state index is 13.1. The van der Waals surface area contributed by atoms with E-state index in [0.29, 0.717) is 29.0 Å². The summed E-state index contributed by atoms with van der Waals surface area (Å²) >= 11 is 0. The lowest BCUT2D eigenvalue weighted by molar-refractivity contribution is -0.140. The molecule has 4 amide bonds. The first-order valence-electron chi connectivity index (χ1n) is 13.0. The highest BCUT2D eigenvalue weighted by Gasteiger charge is 2.29. The molecule has 11 nitrogen and oxygen atoms in total. The second-order valence-corrected chi connectivity index (χ2v) is 9.56. The summed E-state index contributed by atoms with van der Waals surface area (Å²) < 4.78 is 10.4. The molecule has 2 unspecified atom stereocenters. The average Bonchev–Trinajstić information content (AvgIpc) is 2.96. The van der Waals surface area contributed by atoms with Gasteiger partial charge in [0.2, 0.25) is 11.7 Å². The molecule has 2 aromatic rings. The number of rotatable bonds is 14. The van der Waals surface area contributed by atoms with Crippen molar-refractivity contribution in [1.29, 1.82) is 5.26 Å². The lowest BCUT2D eigenvalue weighted by atomic mass is 10.0. The number of nitrogens with one attached hydrogen (secondary N) is 4. The predicted molar refractivity (Wildman–Crippen MR) is 148 cm³/mol. The van der Waals surface area contributed by atoms with Gasteiger partial charge in [-0.2, -0.15) is 5.26 Å². The highest BCUT2D eigenvalue weighted by atomic mass is 16.5. The third-order valence-corrected chi connectivity index (χ3v) is 5.99. The summed E-state index contributed by atoms with van der Waals surface area (Å²) in [7, 11) is 3.02. The number of carbonyl (C=O) groups excluding carboxylic acids is 4. The first-order chi connectivity index (χ1) is 19.1. The van der Waals surface area contributed by atoms with Crippen molar-refractivity contribution >= 4 is 23.6 Å². The van der Waals surface area contributed by atoms with Crippen molar-refractivity contribution in [3.05, 3.63) is 59.2 Å². The fraction of sp³-hybridized carbons (Fsp3) is 0.414. The average molecular weight is 552 g/mol. The van der Waals surface area contributed by atoms with Crippen LogP contribution >= 0.6 is 0 Å². The van der Waals surface area contributed by atoms with Crippen LogP contribution in [-0.4, -0.2) is 49.9 Å². The molecule has 0 aliphatic carbocycles. The van der Waals surface area contributed by atoms with Crippen LogP contribution < -0.4 is 30.7 Å². The van der Waals surface area contributed by atoms with Gasteiger partial charge in [0, 0.05) is 19.2 Å². The normalized spacial score (nSPS) is 11.9. The smallest absolute Gasteiger partial charge is 0.315 e. The topological polar surface area (TPSA) is 159 Å². The van der Waals surface area contributed by atoms with Crippen molar-refractivity contribution in [2.24, 2.45) is 5.92 Å². The Balaban J connectivity index is 1.98. The number of carbonyl (C=O) groups is 4. The quantitative estimate of drug-likeness (QED) is 0.263. The van der Waals surface area contributed by atoms with Gasteiger partial charge in [-0.05, 0) is 54.2 Å². The zero-order valence-corrected chi connectivity index (χ0v) is 23.5. The van der Waals surface area contributed by atoms with E-state index in [4.69, 9.17) is 14.7 Å². The highest BCUT2D eigenvalue weighted by Crippen LogP contribution is 2.22. The summed E-state index contributed by atoms with van der Waals surface area (Å²) in [6, 6.07) is 11.3. The number of methoxy groups -OCH3 is 2. The van der Waals surface area contributed by atoms with Gasteiger partial charge in [0.05, 0.1) is 31.9 Å². The van der Waals surface area contributed by atoms with Crippen molar-refractivity contribution in [3.63, 3.8) is 0 Å². The SMILES string of the molecule is CCC(NC(=O)C(CC(C)C)NC(=O)NCc1ccc(C#N)cc1)C(=O)C(=O)NCc1cc(OC)cc(OC)c1. The van der Waals surface area contributed by atoms with E-state index >= 15 is 0 Å². The van der Waals surface area contributed by atoms with E-state index < -0.39 is 35.7 Å². The zero-order chi connectivity index (χ0) is 29.7. The van der Waals surface area contributed by atoms with Crippen LogP contribution in [0.25, 0.3) is 0 Å². The third-order valence-electron chi connectivity index (χ3n) is 5.99. The second kappa shape index (κ2) is 15.7. The van der Waals surface area contributed by atoms with Gasteiger partial charge < -0.3 is 30.7 Å². The molecule has 214 valence electrons. The zero-order valence-electron chi connectivity index (χ0n) is 23.5. The fourth-order valence-corrected chi connectivity index (χ4v) is 3.81. The molecule has 0 aliphatic heterocycles. The lowest BCUT2D eigenvalue weighted by Crippen LogP contribution is -2.55. The number of hydrogen-bond donors (Lipinski definition) is 4. The van der Waals surface area contributed by atoms with Gasteiger partial charge in [-0.25, -0.2) is 4.79 Å². The number of Topliss-reactive ketones (excluding diaryl/α,β-unsaturated/α-hetero) is 1. The Morgan fingerprint density at radius 3 is 1.98 bits per heavy atom.